The molecule has 3 fully saturated rings. The molecule has 2 heterocycles. The number of carbonyl (C=O) groups excluding carboxylic acids is 1. The monoisotopic (exact) mass is 286 g/mol. The normalized spacial score (nSPS) is 30.2. The molecule has 5 nitrogen and oxygen atoms in total. The van der Waals surface area contributed by atoms with E-state index in [4.69, 9.17) is 0 Å². The second-order valence-corrected chi connectivity index (χ2v) is 8.35. The Labute approximate surface area is 115 Å². The average Bonchev–Trinajstić information content (AvgIpc) is 3.10. The quantitative estimate of drug-likeness (QED) is 0.771. The number of likely N-dealkylation sites (tertiary alicyclic amines) is 1. The van der Waals surface area contributed by atoms with Crippen molar-refractivity contribution in [2.24, 2.45) is 5.92 Å². The van der Waals surface area contributed by atoms with Crippen LogP contribution in [0.1, 0.15) is 39.0 Å². The van der Waals surface area contributed by atoms with Gasteiger partial charge in [-0.2, -0.15) is 4.31 Å². The van der Waals surface area contributed by atoms with Gasteiger partial charge in [-0.3, -0.25) is 4.79 Å². The van der Waals surface area contributed by atoms with Crippen LogP contribution in [0.5, 0.6) is 0 Å². The van der Waals surface area contributed by atoms with Crippen LogP contribution in [0.3, 0.4) is 0 Å². The highest BCUT2D eigenvalue weighted by molar-refractivity contribution is 7.90. The highest BCUT2D eigenvalue weighted by Crippen LogP contribution is 2.35. The molecule has 0 spiro atoms. The van der Waals surface area contributed by atoms with Crippen LogP contribution in [-0.4, -0.2) is 54.5 Å². The average molecular weight is 286 g/mol. The van der Waals surface area contributed by atoms with Crippen molar-refractivity contribution in [2.45, 2.75) is 50.3 Å². The van der Waals surface area contributed by atoms with Gasteiger partial charge in [-0.15, -0.1) is 0 Å². The highest BCUT2D eigenvalue weighted by Gasteiger charge is 2.48. The summed E-state index contributed by atoms with van der Waals surface area (Å²) in [5.41, 5.74) is 0. The van der Waals surface area contributed by atoms with E-state index >= 15 is 0 Å². The molecule has 2 saturated heterocycles. The summed E-state index contributed by atoms with van der Waals surface area (Å²) in [4.78, 5) is 14.3. The number of nitrogens with zero attached hydrogens (tertiary/aromatic N) is 2. The topological polar surface area (TPSA) is 57.7 Å². The molecule has 6 heteroatoms. The van der Waals surface area contributed by atoms with E-state index in [0.717, 1.165) is 32.2 Å². The zero-order chi connectivity index (χ0) is 13.6. The number of sulfonamides is 1. The third-order valence-corrected chi connectivity index (χ3v) is 6.92. The molecule has 0 aromatic carbocycles. The minimum Gasteiger partial charge on any atom is -0.340 e. The summed E-state index contributed by atoms with van der Waals surface area (Å²) in [6.07, 6.45) is 4.93. The van der Waals surface area contributed by atoms with Gasteiger partial charge in [0.25, 0.3) is 0 Å². The van der Waals surface area contributed by atoms with E-state index in [0.29, 0.717) is 19.1 Å². The Balaban J connectivity index is 1.56. The molecule has 1 saturated carbocycles. The molecule has 3 aliphatic rings. The summed E-state index contributed by atoms with van der Waals surface area (Å²) in [5, 5.41) is -0.155. The molecule has 3 rings (SSSR count). The van der Waals surface area contributed by atoms with Crippen LogP contribution in [0.2, 0.25) is 0 Å². The molecule has 19 heavy (non-hydrogen) atoms. The Morgan fingerprint density at radius 1 is 1.11 bits per heavy atom. The summed E-state index contributed by atoms with van der Waals surface area (Å²) >= 11 is 0. The fourth-order valence-corrected chi connectivity index (χ4v) is 4.97. The number of carbonyl (C=O) groups is 1. The third kappa shape index (κ3) is 2.40. The molecule has 108 valence electrons. The van der Waals surface area contributed by atoms with E-state index < -0.39 is 10.0 Å². The third-order valence-electron chi connectivity index (χ3n) is 4.59. The van der Waals surface area contributed by atoms with Gasteiger partial charge in [-0.25, -0.2) is 8.42 Å². The molecule has 0 aromatic rings. The summed E-state index contributed by atoms with van der Waals surface area (Å²) in [5.74, 6) is 0.0588. The molecule has 1 aliphatic carbocycles. The number of amides is 1. The lowest BCUT2D eigenvalue weighted by Gasteiger charge is -2.42. The van der Waals surface area contributed by atoms with Crippen LogP contribution in [0.25, 0.3) is 0 Å². The first-order valence-electron chi connectivity index (χ1n) is 7.29. The second-order valence-electron chi connectivity index (χ2n) is 6.13. The van der Waals surface area contributed by atoms with E-state index in [-0.39, 0.29) is 17.1 Å². The van der Waals surface area contributed by atoms with Crippen LogP contribution in [0, 0.1) is 5.92 Å². The predicted octanol–water partition coefficient (Wildman–Crippen LogP) is 0.811. The second kappa shape index (κ2) is 4.74. The van der Waals surface area contributed by atoms with Crippen molar-refractivity contribution in [2.75, 3.05) is 19.6 Å². The van der Waals surface area contributed by atoms with Crippen LogP contribution < -0.4 is 0 Å². The standard InChI is InChI=1S/C13H22N2O3S/c1-10-4-2-3-7-15(10)13(16)11-8-14(9-11)19(17,18)12-5-6-12/h10-12H,2-9H2,1H3. The van der Waals surface area contributed by atoms with E-state index in [1.807, 2.05) is 4.90 Å². The summed E-state index contributed by atoms with van der Waals surface area (Å²) in [7, 11) is -3.08. The van der Waals surface area contributed by atoms with E-state index in [1.165, 1.54) is 10.7 Å². The summed E-state index contributed by atoms with van der Waals surface area (Å²) in [6, 6.07) is 0.315. The lowest BCUT2D eigenvalue weighted by molar-refractivity contribution is -0.142. The first kappa shape index (κ1) is 13.4. The largest absolute Gasteiger partial charge is 0.340 e. The van der Waals surface area contributed by atoms with Crippen LogP contribution in [0.4, 0.5) is 0 Å². The van der Waals surface area contributed by atoms with Gasteiger partial charge < -0.3 is 4.90 Å². The number of hydrogen-bond acceptors (Lipinski definition) is 3. The van der Waals surface area contributed by atoms with Gasteiger partial charge >= 0.3 is 0 Å². The Morgan fingerprint density at radius 3 is 2.37 bits per heavy atom. The van der Waals surface area contributed by atoms with Crippen molar-refractivity contribution in [1.29, 1.82) is 0 Å². The molecule has 1 amide bonds. The SMILES string of the molecule is CC1CCCCN1C(=O)C1CN(S(=O)(=O)C2CC2)C1. The van der Waals surface area contributed by atoms with E-state index in [1.54, 1.807) is 0 Å². The molecular weight excluding hydrogens is 264 g/mol. The van der Waals surface area contributed by atoms with Crippen molar-refractivity contribution >= 4 is 15.9 Å². The van der Waals surface area contributed by atoms with Crippen molar-refractivity contribution in [1.82, 2.24) is 9.21 Å². The van der Waals surface area contributed by atoms with E-state index in [9.17, 15) is 13.2 Å². The number of hydrogen-bond donors (Lipinski definition) is 0. The number of piperidine rings is 1. The maximum absolute atomic E-state index is 12.4. The summed E-state index contributed by atoms with van der Waals surface area (Å²) in [6.45, 7) is 3.74. The van der Waals surface area contributed by atoms with Crippen LogP contribution >= 0.6 is 0 Å². The van der Waals surface area contributed by atoms with Gasteiger partial charge in [0.15, 0.2) is 0 Å². The highest BCUT2D eigenvalue weighted by atomic mass is 32.2. The fourth-order valence-electron chi connectivity index (χ4n) is 3.04. The Bertz CT molecular complexity index is 466. The fraction of sp³-hybridized carbons (Fsp3) is 0.923. The van der Waals surface area contributed by atoms with Gasteiger partial charge in [-0.05, 0) is 39.0 Å². The molecule has 1 unspecified atom stereocenters. The number of rotatable bonds is 3. The zero-order valence-corrected chi connectivity index (χ0v) is 12.2. The molecule has 0 bridgehead atoms. The Morgan fingerprint density at radius 2 is 1.79 bits per heavy atom. The van der Waals surface area contributed by atoms with Crippen LogP contribution in [0.15, 0.2) is 0 Å². The molecule has 0 N–H and O–H groups in total. The van der Waals surface area contributed by atoms with Crippen molar-refractivity contribution in [3.63, 3.8) is 0 Å². The van der Waals surface area contributed by atoms with Crippen molar-refractivity contribution in [3.05, 3.63) is 0 Å². The summed E-state index contributed by atoms with van der Waals surface area (Å²) < 4.78 is 25.5. The lowest BCUT2D eigenvalue weighted by atomic mass is 9.97. The zero-order valence-electron chi connectivity index (χ0n) is 11.4. The molecule has 2 aliphatic heterocycles. The van der Waals surface area contributed by atoms with Gasteiger partial charge in [0.1, 0.15) is 0 Å². The predicted molar refractivity (Wildman–Crippen MR) is 72.0 cm³/mol. The van der Waals surface area contributed by atoms with Gasteiger partial charge in [0.2, 0.25) is 15.9 Å². The minimum atomic E-state index is -3.08. The smallest absolute Gasteiger partial charge is 0.228 e. The molecular formula is C13H22N2O3S. The first-order chi connectivity index (χ1) is 9.00. The Kier molecular flexibility index (Phi) is 3.33. The van der Waals surface area contributed by atoms with E-state index in [2.05, 4.69) is 6.92 Å². The van der Waals surface area contributed by atoms with Gasteiger partial charge in [0.05, 0.1) is 11.2 Å². The maximum atomic E-state index is 12.4. The van der Waals surface area contributed by atoms with Crippen LogP contribution in [-0.2, 0) is 14.8 Å². The van der Waals surface area contributed by atoms with Crippen molar-refractivity contribution in [3.8, 4) is 0 Å². The minimum absolute atomic E-state index is 0.103. The van der Waals surface area contributed by atoms with Gasteiger partial charge in [-0.1, -0.05) is 0 Å². The maximum Gasteiger partial charge on any atom is 0.228 e. The van der Waals surface area contributed by atoms with Crippen molar-refractivity contribution < 1.29 is 13.2 Å². The molecule has 0 radical (unpaired) electrons. The Hall–Kier alpha value is -0.620. The first-order valence-corrected chi connectivity index (χ1v) is 8.80. The molecule has 0 aromatic heterocycles. The van der Waals surface area contributed by atoms with Gasteiger partial charge in [0, 0.05) is 25.7 Å². The molecule has 1 atom stereocenters. The lowest BCUT2D eigenvalue weighted by Crippen LogP contribution is -2.58.